The quantitative estimate of drug-likeness (QED) is 0.904. The van der Waals surface area contributed by atoms with E-state index in [2.05, 4.69) is 9.88 Å². The molecule has 0 amide bonds. The molecular weight excluding hydrogens is 268 g/mol. The first kappa shape index (κ1) is 13.8. The molecule has 1 saturated heterocycles. The monoisotopic (exact) mass is 286 g/mol. The van der Waals surface area contributed by atoms with Crippen LogP contribution in [0.5, 0.6) is 0 Å². The number of aromatic nitrogens is 1. The standard InChI is InChI=1S/C16H18N2O3/c1-10(19)12-6-7-18(9-12)15-13-5-3-2-4-11(13)8-14(17-15)16(20)21/h2-5,8,10,12,19H,6-7,9H2,1H3,(H,20,21). The molecule has 2 heterocycles. The van der Waals surface area contributed by atoms with Crippen LogP contribution in [0.4, 0.5) is 5.82 Å². The number of carboxylic acids is 1. The van der Waals surface area contributed by atoms with Crippen molar-refractivity contribution >= 4 is 22.6 Å². The van der Waals surface area contributed by atoms with Gasteiger partial charge in [-0.05, 0) is 24.8 Å². The van der Waals surface area contributed by atoms with Gasteiger partial charge in [0.2, 0.25) is 0 Å². The molecule has 1 aromatic heterocycles. The zero-order chi connectivity index (χ0) is 15.0. The van der Waals surface area contributed by atoms with E-state index in [1.807, 2.05) is 24.3 Å². The lowest BCUT2D eigenvalue weighted by Crippen LogP contribution is -2.25. The lowest BCUT2D eigenvalue weighted by atomic mass is 10.0. The van der Waals surface area contributed by atoms with E-state index in [1.165, 1.54) is 0 Å². The highest BCUT2D eigenvalue weighted by molar-refractivity contribution is 5.98. The Morgan fingerprint density at radius 2 is 2.19 bits per heavy atom. The number of aliphatic hydroxyl groups is 1. The number of aromatic carboxylic acids is 1. The molecule has 0 saturated carbocycles. The predicted octanol–water partition coefficient (Wildman–Crippen LogP) is 2.14. The number of benzene rings is 1. The maximum absolute atomic E-state index is 11.3. The fraction of sp³-hybridized carbons (Fsp3) is 0.375. The normalized spacial score (nSPS) is 19.9. The van der Waals surface area contributed by atoms with Gasteiger partial charge in [-0.25, -0.2) is 9.78 Å². The van der Waals surface area contributed by atoms with Gasteiger partial charge in [0.15, 0.2) is 5.69 Å². The molecule has 1 aromatic carbocycles. The number of carbonyl (C=O) groups is 1. The van der Waals surface area contributed by atoms with Gasteiger partial charge in [-0.1, -0.05) is 24.3 Å². The fourth-order valence-corrected chi connectivity index (χ4v) is 2.90. The summed E-state index contributed by atoms with van der Waals surface area (Å²) in [5.74, 6) is -0.110. The summed E-state index contributed by atoms with van der Waals surface area (Å²) in [6.07, 6.45) is 0.536. The van der Waals surface area contributed by atoms with Gasteiger partial charge in [-0.2, -0.15) is 0 Å². The Kier molecular flexibility index (Phi) is 3.51. The van der Waals surface area contributed by atoms with Gasteiger partial charge in [0.1, 0.15) is 5.82 Å². The lowest BCUT2D eigenvalue weighted by Gasteiger charge is -2.21. The van der Waals surface area contributed by atoms with Crippen LogP contribution < -0.4 is 4.90 Å². The summed E-state index contributed by atoms with van der Waals surface area (Å²) in [5, 5.41) is 20.8. The van der Waals surface area contributed by atoms with Crippen LogP contribution in [0.15, 0.2) is 30.3 Å². The molecule has 2 unspecified atom stereocenters. The van der Waals surface area contributed by atoms with Gasteiger partial charge in [0.05, 0.1) is 6.10 Å². The van der Waals surface area contributed by atoms with Crippen LogP contribution in [-0.4, -0.2) is 40.4 Å². The van der Waals surface area contributed by atoms with E-state index in [0.29, 0.717) is 12.4 Å². The zero-order valence-corrected chi connectivity index (χ0v) is 11.9. The van der Waals surface area contributed by atoms with E-state index in [0.717, 1.165) is 23.7 Å². The Bertz CT molecular complexity index is 684. The van der Waals surface area contributed by atoms with Gasteiger partial charge in [0.25, 0.3) is 0 Å². The summed E-state index contributed by atoms with van der Waals surface area (Å²) in [6, 6.07) is 9.27. The molecule has 0 bridgehead atoms. The second kappa shape index (κ2) is 5.33. The molecule has 1 aliphatic rings. The minimum Gasteiger partial charge on any atom is -0.477 e. The van der Waals surface area contributed by atoms with Crippen molar-refractivity contribution in [1.29, 1.82) is 0 Å². The molecule has 0 radical (unpaired) electrons. The molecule has 2 aromatic rings. The number of aliphatic hydroxyl groups excluding tert-OH is 1. The molecule has 0 aliphatic carbocycles. The van der Waals surface area contributed by atoms with E-state index in [1.54, 1.807) is 13.0 Å². The molecule has 5 heteroatoms. The van der Waals surface area contributed by atoms with Crippen molar-refractivity contribution in [3.05, 3.63) is 36.0 Å². The van der Waals surface area contributed by atoms with E-state index in [-0.39, 0.29) is 17.7 Å². The van der Waals surface area contributed by atoms with Crippen LogP contribution >= 0.6 is 0 Å². The fourth-order valence-electron chi connectivity index (χ4n) is 2.90. The topological polar surface area (TPSA) is 73.7 Å². The summed E-state index contributed by atoms with van der Waals surface area (Å²) in [4.78, 5) is 17.7. The maximum Gasteiger partial charge on any atom is 0.354 e. The highest BCUT2D eigenvalue weighted by Gasteiger charge is 2.28. The average Bonchev–Trinajstić information content (AvgIpc) is 2.96. The van der Waals surface area contributed by atoms with Crippen LogP contribution in [0.3, 0.4) is 0 Å². The summed E-state index contributed by atoms with van der Waals surface area (Å²) < 4.78 is 0. The zero-order valence-electron chi connectivity index (χ0n) is 11.9. The maximum atomic E-state index is 11.3. The van der Waals surface area contributed by atoms with E-state index >= 15 is 0 Å². The van der Waals surface area contributed by atoms with E-state index in [4.69, 9.17) is 0 Å². The van der Waals surface area contributed by atoms with E-state index < -0.39 is 5.97 Å². The third-order valence-electron chi connectivity index (χ3n) is 4.15. The largest absolute Gasteiger partial charge is 0.477 e. The van der Waals surface area contributed by atoms with Crippen molar-refractivity contribution in [2.45, 2.75) is 19.4 Å². The Morgan fingerprint density at radius 3 is 2.86 bits per heavy atom. The number of nitrogens with zero attached hydrogens (tertiary/aromatic N) is 2. The smallest absolute Gasteiger partial charge is 0.354 e. The van der Waals surface area contributed by atoms with Crippen molar-refractivity contribution in [3.8, 4) is 0 Å². The van der Waals surface area contributed by atoms with E-state index in [9.17, 15) is 15.0 Å². The van der Waals surface area contributed by atoms with Crippen molar-refractivity contribution in [1.82, 2.24) is 4.98 Å². The highest BCUT2D eigenvalue weighted by Crippen LogP contribution is 2.30. The molecule has 5 nitrogen and oxygen atoms in total. The molecule has 1 fully saturated rings. The number of pyridine rings is 1. The summed E-state index contributed by atoms with van der Waals surface area (Å²) in [6.45, 7) is 3.29. The van der Waals surface area contributed by atoms with Crippen LogP contribution in [0.2, 0.25) is 0 Å². The highest BCUT2D eigenvalue weighted by atomic mass is 16.4. The van der Waals surface area contributed by atoms with Crippen LogP contribution in [-0.2, 0) is 0 Å². The molecule has 3 rings (SSSR count). The summed E-state index contributed by atoms with van der Waals surface area (Å²) in [7, 11) is 0. The van der Waals surface area contributed by atoms with Crippen molar-refractivity contribution in [3.63, 3.8) is 0 Å². The van der Waals surface area contributed by atoms with Gasteiger partial charge < -0.3 is 15.1 Å². The van der Waals surface area contributed by atoms with Gasteiger partial charge >= 0.3 is 5.97 Å². The van der Waals surface area contributed by atoms with Gasteiger partial charge in [-0.3, -0.25) is 0 Å². The Morgan fingerprint density at radius 1 is 1.43 bits per heavy atom. The van der Waals surface area contributed by atoms with Crippen LogP contribution in [0.1, 0.15) is 23.8 Å². The molecular formula is C16H18N2O3. The first-order valence-electron chi connectivity index (χ1n) is 7.12. The Hall–Kier alpha value is -2.14. The Balaban J connectivity index is 2.06. The molecule has 2 N–H and O–H groups in total. The number of fused-ring (bicyclic) bond motifs is 1. The minimum atomic E-state index is -1.02. The van der Waals surface area contributed by atoms with Crippen LogP contribution in [0.25, 0.3) is 10.8 Å². The number of hydrogen-bond acceptors (Lipinski definition) is 4. The third-order valence-corrected chi connectivity index (χ3v) is 4.15. The first-order valence-corrected chi connectivity index (χ1v) is 7.12. The second-order valence-corrected chi connectivity index (χ2v) is 5.59. The van der Waals surface area contributed by atoms with Gasteiger partial charge in [-0.15, -0.1) is 0 Å². The SMILES string of the molecule is CC(O)C1CCN(c2nc(C(=O)O)cc3ccccc23)C1. The van der Waals surface area contributed by atoms with Gasteiger partial charge in [0, 0.05) is 24.4 Å². The first-order chi connectivity index (χ1) is 10.1. The predicted molar refractivity (Wildman–Crippen MR) is 80.7 cm³/mol. The number of anilines is 1. The average molecular weight is 286 g/mol. The number of carboxylic acid groups (broad SMARTS) is 1. The van der Waals surface area contributed by atoms with Crippen molar-refractivity contribution in [2.24, 2.45) is 5.92 Å². The Labute approximate surface area is 122 Å². The van der Waals surface area contributed by atoms with Crippen molar-refractivity contribution in [2.75, 3.05) is 18.0 Å². The molecule has 1 aliphatic heterocycles. The number of hydrogen-bond donors (Lipinski definition) is 2. The molecule has 2 atom stereocenters. The molecule has 110 valence electrons. The number of rotatable bonds is 3. The molecule has 21 heavy (non-hydrogen) atoms. The van der Waals surface area contributed by atoms with Crippen LogP contribution in [0, 0.1) is 5.92 Å². The summed E-state index contributed by atoms with van der Waals surface area (Å²) in [5.41, 5.74) is 0.0594. The van der Waals surface area contributed by atoms with Crippen molar-refractivity contribution < 1.29 is 15.0 Å². The molecule has 0 spiro atoms. The minimum absolute atomic E-state index is 0.0594. The lowest BCUT2D eigenvalue weighted by molar-refractivity contribution is 0.0690. The third kappa shape index (κ3) is 2.56. The summed E-state index contributed by atoms with van der Waals surface area (Å²) >= 11 is 0. The second-order valence-electron chi connectivity index (χ2n) is 5.59.